The highest BCUT2D eigenvalue weighted by Crippen LogP contribution is 2.37. The molecule has 0 fully saturated rings. The Morgan fingerprint density at radius 2 is 1.80 bits per heavy atom. The molecule has 0 aliphatic rings. The van der Waals surface area contributed by atoms with Crippen molar-refractivity contribution in [2.45, 2.75) is 39.8 Å². The normalized spacial score (nSPS) is 10.9. The first-order valence-corrected chi connectivity index (χ1v) is 10.4. The summed E-state index contributed by atoms with van der Waals surface area (Å²) in [6.45, 7) is 8.01. The molecule has 2 heterocycles. The minimum absolute atomic E-state index is 0. The lowest BCUT2D eigenvalue weighted by Gasteiger charge is -2.09. The number of amides is 1. The molecule has 0 aliphatic heterocycles. The number of hydrogen-bond acceptors (Lipinski definition) is 6. The van der Waals surface area contributed by atoms with Gasteiger partial charge in [-0.05, 0) is 19.9 Å². The van der Waals surface area contributed by atoms with Crippen LogP contribution in [0.4, 0.5) is 5.13 Å². The van der Waals surface area contributed by atoms with E-state index in [0.717, 1.165) is 16.1 Å². The molecule has 1 aromatic carbocycles. The summed E-state index contributed by atoms with van der Waals surface area (Å²) in [6, 6.07) is 13.1. The van der Waals surface area contributed by atoms with E-state index in [0.29, 0.717) is 10.8 Å². The van der Waals surface area contributed by atoms with Crippen LogP contribution in [0.3, 0.4) is 0 Å². The van der Waals surface area contributed by atoms with Gasteiger partial charge in [0.05, 0.1) is 23.2 Å². The Morgan fingerprint density at radius 1 is 1.10 bits per heavy atom. The van der Waals surface area contributed by atoms with Gasteiger partial charge in [-0.15, -0.1) is 12.4 Å². The summed E-state index contributed by atoms with van der Waals surface area (Å²) >= 11 is 1.35. The van der Waals surface area contributed by atoms with Crippen molar-refractivity contribution in [3.63, 3.8) is 0 Å². The maximum atomic E-state index is 12.2. The van der Waals surface area contributed by atoms with Crippen molar-refractivity contribution in [2.75, 3.05) is 11.9 Å². The number of benzene rings is 1. The number of rotatable bonds is 7. The molecule has 0 saturated carbocycles. The molecule has 2 aromatic heterocycles. The molecule has 1 amide bonds. The van der Waals surface area contributed by atoms with E-state index in [-0.39, 0.29) is 42.5 Å². The zero-order valence-corrected chi connectivity index (χ0v) is 19.0. The summed E-state index contributed by atoms with van der Waals surface area (Å²) in [5.41, 5.74) is 2.14. The van der Waals surface area contributed by atoms with E-state index in [9.17, 15) is 9.59 Å². The molecule has 0 unspecified atom stereocenters. The Hall–Kier alpha value is -2.55. The summed E-state index contributed by atoms with van der Waals surface area (Å²) in [5, 5.41) is 11.0. The third kappa shape index (κ3) is 5.75. The Balaban J connectivity index is 0.00000320. The fourth-order valence-electron chi connectivity index (χ4n) is 2.72. The number of thiazole rings is 1. The standard InChI is InChI=1S/C21H25N5O2S.ClH/c1-13(2)22-12-17(27)23-21-24-19(15-8-6-5-7-9-15)20(29-21)16-10-11-18(28)26(25-16)14(3)4;/h5-11,13-14,22H,12H2,1-4H3,(H,23,24,27);1H. The molecule has 0 atom stereocenters. The van der Waals surface area contributed by atoms with Gasteiger partial charge in [-0.25, -0.2) is 9.67 Å². The second-order valence-electron chi connectivity index (χ2n) is 7.24. The predicted octanol–water partition coefficient (Wildman–Crippen LogP) is 3.97. The molecular weight excluding hydrogens is 422 g/mol. The van der Waals surface area contributed by atoms with Gasteiger partial charge in [0.2, 0.25) is 5.91 Å². The van der Waals surface area contributed by atoms with E-state index in [4.69, 9.17) is 0 Å². The molecule has 9 heteroatoms. The quantitative estimate of drug-likeness (QED) is 0.572. The average molecular weight is 448 g/mol. The van der Waals surface area contributed by atoms with E-state index in [1.54, 1.807) is 6.07 Å². The second-order valence-corrected chi connectivity index (χ2v) is 8.24. The number of halogens is 1. The van der Waals surface area contributed by atoms with Crippen LogP contribution >= 0.6 is 23.7 Å². The predicted molar refractivity (Wildman–Crippen MR) is 124 cm³/mol. The molecular formula is C21H26ClN5O2S. The molecule has 7 nitrogen and oxygen atoms in total. The molecule has 0 radical (unpaired) electrons. The van der Waals surface area contributed by atoms with Crippen LogP contribution in [-0.4, -0.2) is 33.3 Å². The van der Waals surface area contributed by atoms with Crippen molar-refractivity contribution in [1.82, 2.24) is 20.1 Å². The van der Waals surface area contributed by atoms with Crippen LogP contribution < -0.4 is 16.2 Å². The lowest BCUT2D eigenvalue weighted by Crippen LogP contribution is -2.32. The lowest BCUT2D eigenvalue weighted by molar-refractivity contribution is -0.115. The molecule has 0 aliphatic carbocycles. The highest BCUT2D eigenvalue weighted by molar-refractivity contribution is 7.19. The van der Waals surface area contributed by atoms with E-state index in [1.807, 2.05) is 58.0 Å². The second kappa shape index (κ2) is 10.5. The van der Waals surface area contributed by atoms with E-state index in [2.05, 4.69) is 20.7 Å². The molecule has 0 spiro atoms. The Morgan fingerprint density at radius 3 is 2.43 bits per heavy atom. The van der Waals surface area contributed by atoms with Crippen LogP contribution in [0.1, 0.15) is 33.7 Å². The van der Waals surface area contributed by atoms with Crippen molar-refractivity contribution >= 4 is 34.8 Å². The smallest absolute Gasteiger partial charge is 0.267 e. The fourth-order valence-corrected chi connectivity index (χ4v) is 3.68. The number of anilines is 1. The summed E-state index contributed by atoms with van der Waals surface area (Å²) < 4.78 is 1.45. The van der Waals surface area contributed by atoms with Gasteiger partial charge in [0.1, 0.15) is 5.69 Å². The van der Waals surface area contributed by atoms with Crippen molar-refractivity contribution in [1.29, 1.82) is 0 Å². The summed E-state index contributed by atoms with van der Waals surface area (Å²) in [6.07, 6.45) is 0. The van der Waals surface area contributed by atoms with Gasteiger partial charge in [-0.1, -0.05) is 55.5 Å². The van der Waals surface area contributed by atoms with Crippen LogP contribution in [0.15, 0.2) is 47.3 Å². The minimum atomic E-state index is -0.154. The number of hydrogen-bond donors (Lipinski definition) is 2. The first kappa shape index (κ1) is 23.7. The van der Waals surface area contributed by atoms with Crippen LogP contribution in [0.2, 0.25) is 0 Å². The molecule has 3 aromatic rings. The number of nitrogens with zero attached hydrogens (tertiary/aromatic N) is 3. The van der Waals surface area contributed by atoms with Gasteiger partial charge >= 0.3 is 0 Å². The van der Waals surface area contributed by atoms with Gasteiger partial charge in [-0.2, -0.15) is 5.10 Å². The molecule has 160 valence electrons. The molecule has 3 rings (SSSR count). The molecule has 0 bridgehead atoms. The molecule has 2 N–H and O–H groups in total. The van der Waals surface area contributed by atoms with Crippen LogP contribution in [0.5, 0.6) is 0 Å². The number of aromatic nitrogens is 3. The van der Waals surface area contributed by atoms with Crippen molar-refractivity contribution in [2.24, 2.45) is 0 Å². The van der Waals surface area contributed by atoms with Crippen molar-refractivity contribution < 1.29 is 4.79 Å². The van der Waals surface area contributed by atoms with Crippen molar-refractivity contribution in [3.8, 4) is 21.8 Å². The Labute approximate surface area is 186 Å². The molecule has 0 saturated heterocycles. The van der Waals surface area contributed by atoms with E-state index >= 15 is 0 Å². The Bertz CT molecular complexity index is 1050. The van der Waals surface area contributed by atoms with Gasteiger partial charge < -0.3 is 10.6 Å². The summed E-state index contributed by atoms with van der Waals surface area (Å²) in [5.74, 6) is -0.154. The van der Waals surface area contributed by atoms with Crippen LogP contribution in [0.25, 0.3) is 21.8 Å². The zero-order valence-electron chi connectivity index (χ0n) is 17.4. The number of carbonyl (C=O) groups excluding carboxylic acids is 1. The van der Waals surface area contributed by atoms with Gasteiger partial charge in [-0.3, -0.25) is 9.59 Å². The van der Waals surface area contributed by atoms with Gasteiger partial charge in [0.15, 0.2) is 5.13 Å². The number of carbonyl (C=O) groups is 1. The lowest BCUT2D eigenvalue weighted by atomic mass is 10.1. The first-order valence-electron chi connectivity index (χ1n) is 9.55. The first-order chi connectivity index (χ1) is 13.8. The largest absolute Gasteiger partial charge is 0.306 e. The van der Waals surface area contributed by atoms with Crippen molar-refractivity contribution in [3.05, 3.63) is 52.8 Å². The summed E-state index contributed by atoms with van der Waals surface area (Å²) in [7, 11) is 0. The van der Waals surface area contributed by atoms with Gasteiger partial charge in [0, 0.05) is 17.7 Å². The van der Waals surface area contributed by atoms with E-state index < -0.39 is 0 Å². The molecule has 30 heavy (non-hydrogen) atoms. The highest BCUT2D eigenvalue weighted by atomic mass is 35.5. The maximum Gasteiger partial charge on any atom is 0.267 e. The number of nitrogens with one attached hydrogen (secondary N) is 2. The van der Waals surface area contributed by atoms with Crippen LogP contribution in [0, 0.1) is 0 Å². The SMILES string of the molecule is CC(C)NCC(=O)Nc1nc(-c2ccccc2)c(-c2ccc(=O)n(C(C)C)n2)s1.Cl. The topological polar surface area (TPSA) is 88.9 Å². The van der Waals surface area contributed by atoms with Crippen LogP contribution in [-0.2, 0) is 4.79 Å². The summed E-state index contributed by atoms with van der Waals surface area (Å²) in [4.78, 5) is 29.8. The fraction of sp³-hybridized carbons (Fsp3) is 0.333. The van der Waals surface area contributed by atoms with Gasteiger partial charge in [0.25, 0.3) is 5.56 Å². The Kier molecular flexibility index (Phi) is 8.28. The minimum Gasteiger partial charge on any atom is -0.306 e. The zero-order chi connectivity index (χ0) is 21.0. The highest BCUT2D eigenvalue weighted by Gasteiger charge is 2.18. The maximum absolute atomic E-state index is 12.2. The monoisotopic (exact) mass is 447 g/mol. The van der Waals surface area contributed by atoms with E-state index in [1.165, 1.54) is 22.1 Å². The third-order valence-corrected chi connectivity index (χ3v) is 5.13. The average Bonchev–Trinajstić information content (AvgIpc) is 3.11. The third-order valence-electron chi connectivity index (χ3n) is 4.14.